The van der Waals surface area contributed by atoms with Crippen LogP contribution in [0.4, 0.5) is 0 Å². The van der Waals surface area contributed by atoms with Crippen LogP contribution in [0.3, 0.4) is 0 Å². The second-order valence-electron chi connectivity index (χ2n) is 18.3. The summed E-state index contributed by atoms with van der Waals surface area (Å²) in [4.78, 5) is 0. The summed E-state index contributed by atoms with van der Waals surface area (Å²) < 4.78 is 44.3. The van der Waals surface area contributed by atoms with Crippen LogP contribution < -0.4 is 0 Å². The molecule has 0 saturated carbocycles. The Labute approximate surface area is 393 Å². The zero-order chi connectivity index (χ0) is 45.8. The fourth-order valence-electron chi connectivity index (χ4n) is 7.85. The SMILES string of the molecule is CCCCCCCCCOC(CCCCCC)=C(COCOCOCC(OCCCCCCCCC)=C(CCCCCC)OCCCCCCCCC)OCCCCCCCCC. The van der Waals surface area contributed by atoms with E-state index in [9.17, 15) is 0 Å². The van der Waals surface area contributed by atoms with Crippen molar-refractivity contribution >= 4 is 0 Å². The van der Waals surface area contributed by atoms with Crippen LogP contribution in [0.2, 0.25) is 0 Å². The van der Waals surface area contributed by atoms with Gasteiger partial charge in [-0.3, -0.25) is 0 Å². The second kappa shape index (κ2) is 53.2. The predicted octanol–water partition coefficient (Wildman–Crippen LogP) is 18.4. The van der Waals surface area contributed by atoms with Crippen LogP contribution in [-0.4, -0.2) is 53.2 Å². The maximum Gasteiger partial charge on any atom is 0.159 e. The number of ether oxygens (including phenoxy) is 7. The fraction of sp³-hybridized carbons (Fsp3) is 0.929. The Morgan fingerprint density at radius 3 is 0.714 bits per heavy atom. The van der Waals surface area contributed by atoms with E-state index in [1.165, 1.54) is 193 Å². The molecule has 0 saturated heterocycles. The van der Waals surface area contributed by atoms with Crippen molar-refractivity contribution < 1.29 is 33.2 Å². The summed E-state index contributed by atoms with van der Waals surface area (Å²) in [6, 6.07) is 0. The molecule has 0 heterocycles. The van der Waals surface area contributed by atoms with Crippen LogP contribution in [0.25, 0.3) is 0 Å². The first-order chi connectivity index (χ1) is 31.2. The minimum absolute atomic E-state index is 0.127. The van der Waals surface area contributed by atoms with Gasteiger partial charge >= 0.3 is 0 Å². The molecule has 0 aliphatic heterocycles. The van der Waals surface area contributed by atoms with E-state index >= 15 is 0 Å². The minimum Gasteiger partial charge on any atom is -0.494 e. The highest BCUT2D eigenvalue weighted by molar-refractivity contribution is 5.03. The van der Waals surface area contributed by atoms with E-state index in [0.29, 0.717) is 26.4 Å². The van der Waals surface area contributed by atoms with Crippen molar-refractivity contribution in [2.75, 3.05) is 53.2 Å². The van der Waals surface area contributed by atoms with Crippen LogP contribution in [0.15, 0.2) is 23.0 Å². The van der Waals surface area contributed by atoms with Gasteiger partial charge in [-0.05, 0) is 38.5 Å². The third-order valence-corrected chi connectivity index (χ3v) is 12.0. The van der Waals surface area contributed by atoms with Crippen LogP contribution in [0.1, 0.15) is 286 Å². The first kappa shape index (κ1) is 61.6. The van der Waals surface area contributed by atoms with Gasteiger partial charge in [0.2, 0.25) is 0 Å². The molecule has 0 aromatic heterocycles. The summed E-state index contributed by atoms with van der Waals surface area (Å²) in [5.74, 6) is 3.65. The van der Waals surface area contributed by atoms with Gasteiger partial charge < -0.3 is 33.2 Å². The van der Waals surface area contributed by atoms with E-state index in [1.54, 1.807) is 0 Å². The van der Waals surface area contributed by atoms with E-state index in [-0.39, 0.29) is 13.6 Å². The van der Waals surface area contributed by atoms with Crippen molar-refractivity contribution in [3.8, 4) is 0 Å². The van der Waals surface area contributed by atoms with E-state index in [2.05, 4.69) is 41.5 Å². The molecule has 0 N–H and O–H groups in total. The Morgan fingerprint density at radius 1 is 0.222 bits per heavy atom. The third-order valence-electron chi connectivity index (χ3n) is 12.0. The summed E-state index contributed by atoms with van der Waals surface area (Å²) in [6.07, 6.45) is 46.8. The summed E-state index contributed by atoms with van der Waals surface area (Å²) in [5.41, 5.74) is 0. The van der Waals surface area contributed by atoms with Crippen molar-refractivity contribution in [2.24, 2.45) is 0 Å². The van der Waals surface area contributed by atoms with E-state index < -0.39 is 0 Å². The largest absolute Gasteiger partial charge is 0.494 e. The lowest BCUT2D eigenvalue weighted by Gasteiger charge is -2.19. The van der Waals surface area contributed by atoms with Crippen molar-refractivity contribution in [1.29, 1.82) is 0 Å². The number of hydrogen-bond donors (Lipinski definition) is 0. The summed E-state index contributed by atoms with van der Waals surface area (Å²) in [7, 11) is 0. The first-order valence-corrected chi connectivity index (χ1v) is 27.9. The quantitative estimate of drug-likeness (QED) is 0.0342. The van der Waals surface area contributed by atoms with Crippen molar-refractivity contribution in [2.45, 2.75) is 286 Å². The monoisotopic (exact) mass is 895 g/mol. The smallest absolute Gasteiger partial charge is 0.159 e. The Balaban J connectivity index is 5.55. The minimum atomic E-state index is 0.127. The number of hydrogen-bond acceptors (Lipinski definition) is 7. The Hall–Kier alpha value is -1.44. The number of allylic oxidation sites excluding steroid dienone is 2. The average molecular weight is 895 g/mol. The van der Waals surface area contributed by atoms with Crippen molar-refractivity contribution in [3.63, 3.8) is 0 Å². The summed E-state index contributed by atoms with van der Waals surface area (Å²) in [6.45, 7) is 17.5. The molecule has 0 radical (unpaired) electrons. The molecule has 0 unspecified atom stereocenters. The molecule has 0 bridgehead atoms. The molecule has 0 aromatic carbocycles. The summed E-state index contributed by atoms with van der Waals surface area (Å²) >= 11 is 0. The van der Waals surface area contributed by atoms with E-state index in [0.717, 1.165) is 87.6 Å². The van der Waals surface area contributed by atoms with Crippen molar-refractivity contribution in [1.82, 2.24) is 0 Å². The highest BCUT2D eigenvalue weighted by Crippen LogP contribution is 2.22. The molecule has 0 aromatic rings. The maximum absolute atomic E-state index is 6.53. The van der Waals surface area contributed by atoms with Crippen LogP contribution in [0, 0.1) is 0 Å². The highest BCUT2D eigenvalue weighted by atomic mass is 16.7. The van der Waals surface area contributed by atoms with Crippen LogP contribution in [-0.2, 0) is 33.2 Å². The van der Waals surface area contributed by atoms with Gasteiger partial charge in [0.05, 0.1) is 26.4 Å². The molecule has 0 amide bonds. The van der Waals surface area contributed by atoms with Gasteiger partial charge in [-0.25, -0.2) is 0 Å². The average Bonchev–Trinajstić information content (AvgIpc) is 3.29. The van der Waals surface area contributed by atoms with Gasteiger partial charge in [-0.1, -0.05) is 234 Å². The van der Waals surface area contributed by atoms with Crippen molar-refractivity contribution in [3.05, 3.63) is 23.0 Å². The van der Waals surface area contributed by atoms with Gasteiger partial charge in [0.25, 0.3) is 0 Å². The normalized spacial score (nSPS) is 12.4. The molecule has 0 atom stereocenters. The number of unbranched alkanes of at least 4 members (excludes halogenated alkanes) is 30. The zero-order valence-corrected chi connectivity index (χ0v) is 43.4. The topological polar surface area (TPSA) is 64.6 Å². The first-order valence-electron chi connectivity index (χ1n) is 27.9. The molecular formula is C56H110O7. The van der Waals surface area contributed by atoms with Crippen LogP contribution >= 0.6 is 0 Å². The predicted molar refractivity (Wildman–Crippen MR) is 270 cm³/mol. The molecule has 376 valence electrons. The standard InChI is InChI=1S/C56H110O7/c1-7-13-19-25-29-33-39-45-60-53(43-37-23-17-11-5)55(62-47-41-35-31-27-21-15-9-3)49-57-51-59-52-58-50-56(63-48-42-36-32-28-22-16-10-4)54(44-38-24-18-12-6)61-46-40-34-30-26-20-14-8-2/h7-52H2,1-6H3. The zero-order valence-electron chi connectivity index (χ0n) is 43.4. The second-order valence-corrected chi connectivity index (χ2v) is 18.3. The molecule has 7 heteroatoms. The molecular weight excluding hydrogens is 785 g/mol. The van der Waals surface area contributed by atoms with Gasteiger partial charge in [0.1, 0.15) is 38.3 Å². The molecule has 0 spiro atoms. The molecule has 0 rings (SSSR count). The third kappa shape index (κ3) is 44.2. The van der Waals surface area contributed by atoms with Gasteiger partial charge in [-0.15, -0.1) is 0 Å². The maximum atomic E-state index is 6.53. The van der Waals surface area contributed by atoms with Gasteiger partial charge in [0.15, 0.2) is 11.5 Å². The van der Waals surface area contributed by atoms with Gasteiger partial charge in [-0.2, -0.15) is 0 Å². The lowest BCUT2D eigenvalue weighted by molar-refractivity contribution is -0.132. The van der Waals surface area contributed by atoms with E-state index in [1.807, 2.05) is 0 Å². The Morgan fingerprint density at radius 2 is 0.444 bits per heavy atom. The van der Waals surface area contributed by atoms with Gasteiger partial charge in [0, 0.05) is 12.8 Å². The van der Waals surface area contributed by atoms with Crippen LogP contribution in [0.5, 0.6) is 0 Å². The lowest BCUT2D eigenvalue weighted by Crippen LogP contribution is -2.14. The Bertz CT molecular complexity index is 876. The molecule has 0 aliphatic carbocycles. The molecule has 63 heavy (non-hydrogen) atoms. The lowest BCUT2D eigenvalue weighted by atomic mass is 10.1. The summed E-state index contributed by atoms with van der Waals surface area (Å²) in [5, 5.41) is 0. The highest BCUT2D eigenvalue weighted by Gasteiger charge is 2.14. The molecule has 7 nitrogen and oxygen atoms in total. The fourth-order valence-corrected chi connectivity index (χ4v) is 7.85. The van der Waals surface area contributed by atoms with E-state index in [4.69, 9.17) is 33.2 Å². The molecule has 0 aliphatic rings. The Kier molecular flexibility index (Phi) is 52.0. The number of rotatable bonds is 54. The molecule has 0 fully saturated rings.